The first kappa shape index (κ1) is 15.3. The summed E-state index contributed by atoms with van der Waals surface area (Å²) in [4.78, 5) is 5.17. The maximum Gasteiger partial charge on any atom is 0.0110 e. The van der Waals surface area contributed by atoms with Crippen LogP contribution in [0.5, 0.6) is 0 Å². The van der Waals surface area contributed by atoms with Crippen LogP contribution in [0.15, 0.2) is 0 Å². The zero-order valence-corrected chi connectivity index (χ0v) is 13.2. The summed E-state index contributed by atoms with van der Waals surface area (Å²) in [5, 5.41) is 3.64. The Morgan fingerprint density at radius 3 is 2.58 bits per heavy atom. The van der Waals surface area contributed by atoms with Crippen LogP contribution in [0.3, 0.4) is 0 Å². The first-order chi connectivity index (χ1) is 9.13. The lowest BCUT2D eigenvalue weighted by Crippen LogP contribution is -2.52. The number of hydrogen-bond donors (Lipinski definition) is 1. The summed E-state index contributed by atoms with van der Waals surface area (Å²) in [5.74, 6) is 0.917. The van der Waals surface area contributed by atoms with Crippen LogP contribution in [0, 0.1) is 11.3 Å². The van der Waals surface area contributed by atoms with Crippen LogP contribution in [0.2, 0.25) is 0 Å². The van der Waals surface area contributed by atoms with Gasteiger partial charge in [0.15, 0.2) is 0 Å². The van der Waals surface area contributed by atoms with Crippen molar-refractivity contribution in [3.8, 4) is 0 Å². The molecule has 0 aromatic rings. The molecule has 1 aliphatic heterocycles. The van der Waals surface area contributed by atoms with E-state index in [9.17, 15) is 0 Å². The molecule has 1 N–H and O–H groups in total. The normalized spacial score (nSPS) is 34.6. The van der Waals surface area contributed by atoms with Crippen molar-refractivity contribution < 1.29 is 0 Å². The van der Waals surface area contributed by atoms with Gasteiger partial charge in [0.1, 0.15) is 0 Å². The van der Waals surface area contributed by atoms with E-state index >= 15 is 0 Å². The van der Waals surface area contributed by atoms with E-state index in [1.54, 1.807) is 0 Å². The molecule has 2 atom stereocenters. The van der Waals surface area contributed by atoms with Crippen molar-refractivity contribution in [2.75, 3.05) is 52.9 Å². The molecule has 0 aromatic heterocycles. The zero-order chi connectivity index (χ0) is 13.7. The highest BCUT2D eigenvalue weighted by Crippen LogP contribution is 2.39. The predicted molar refractivity (Wildman–Crippen MR) is 82.5 cm³/mol. The molecule has 112 valence electrons. The smallest absolute Gasteiger partial charge is 0.0110 e. The topological polar surface area (TPSA) is 18.5 Å². The van der Waals surface area contributed by atoms with Crippen LogP contribution in [0.25, 0.3) is 0 Å². The predicted octanol–water partition coefficient (Wildman–Crippen LogP) is 2.04. The van der Waals surface area contributed by atoms with Crippen LogP contribution >= 0.6 is 0 Å². The Hall–Kier alpha value is -0.120. The molecular formula is C16H33N3. The first-order valence-corrected chi connectivity index (χ1v) is 8.25. The molecule has 0 spiro atoms. The molecule has 0 bridgehead atoms. The standard InChI is InChI=1S/C16H33N3/c1-4-17-13-16(7-5-6-15(2)12-16)14-19-10-8-18(3)9-11-19/h15,17H,4-14H2,1-3H3. The molecular weight excluding hydrogens is 234 g/mol. The summed E-state index contributed by atoms with van der Waals surface area (Å²) in [5.41, 5.74) is 0.545. The molecule has 1 heterocycles. The minimum absolute atomic E-state index is 0.545. The van der Waals surface area contributed by atoms with Gasteiger partial charge in [0, 0.05) is 39.3 Å². The Bertz CT molecular complexity index is 261. The van der Waals surface area contributed by atoms with Gasteiger partial charge >= 0.3 is 0 Å². The van der Waals surface area contributed by atoms with Gasteiger partial charge in [-0.1, -0.05) is 26.7 Å². The second-order valence-corrected chi connectivity index (χ2v) is 7.06. The molecule has 3 nitrogen and oxygen atoms in total. The first-order valence-electron chi connectivity index (χ1n) is 8.25. The molecule has 19 heavy (non-hydrogen) atoms. The maximum atomic E-state index is 3.64. The third kappa shape index (κ3) is 4.44. The maximum absolute atomic E-state index is 3.64. The summed E-state index contributed by atoms with van der Waals surface area (Å²) in [6.45, 7) is 13.3. The van der Waals surface area contributed by atoms with Crippen molar-refractivity contribution in [2.45, 2.75) is 39.5 Å². The highest BCUT2D eigenvalue weighted by atomic mass is 15.2. The van der Waals surface area contributed by atoms with Crippen molar-refractivity contribution in [1.82, 2.24) is 15.1 Å². The lowest BCUT2D eigenvalue weighted by Gasteiger charge is -2.45. The van der Waals surface area contributed by atoms with E-state index in [0.29, 0.717) is 5.41 Å². The number of hydrogen-bond acceptors (Lipinski definition) is 3. The quantitative estimate of drug-likeness (QED) is 0.822. The van der Waals surface area contributed by atoms with Gasteiger partial charge in [-0.3, -0.25) is 0 Å². The van der Waals surface area contributed by atoms with Crippen molar-refractivity contribution in [3.63, 3.8) is 0 Å². The average molecular weight is 267 g/mol. The highest BCUT2D eigenvalue weighted by molar-refractivity contribution is 4.90. The molecule has 3 heteroatoms. The Morgan fingerprint density at radius 2 is 1.95 bits per heavy atom. The highest BCUT2D eigenvalue weighted by Gasteiger charge is 2.36. The van der Waals surface area contributed by atoms with Gasteiger partial charge in [0.2, 0.25) is 0 Å². The minimum atomic E-state index is 0.545. The fourth-order valence-corrected chi connectivity index (χ4v) is 4.00. The molecule has 0 radical (unpaired) electrons. The Balaban J connectivity index is 1.92. The third-order valence-corrected chi connectivity index (χ3v) is 5.09. The van der Waals surface area contributed by atoms with Gasteiger partial charge < -0.3 is 15.1 Å². The molecule has 2 aliphatic rings. The second kappa shape index (κ2) is 7.05. The van der Waals surface area contributed by atoms with Crippen LogP contribution in [0.4, 0.5) is 0 Å². The van der Waals surface area contributed by atoms with E-state index in [1.165, 1.54) is 65.0 Å². The number of nitrogens with zero attached hydrogens (tertiary/aromatic N) is 2. The average Bonchev–Trinajstić information content (AvgIpc) is 2.39. The molecule has 1 saturated heterocycles. The van der Waals surface area contributed by atoms with Crippen LogP contribution in [0.1, 0.15) is 39.5 Å². The molecule has 2 rings (SSSR count). The van der Waals surface area contributed by atoms with Gasteiger partial charge in [-0.2, -0.15) is 0 Å². The van der Waals surface area contributed by atoms with E-state index in [-0.39, 0.29) is 0 Å². The molecule has 2 unspecified atom stereocenters. The summed E-state index contributed by atoms with van der Waals surface area (Å²) in [6, 6.07) is 0. The minimum Gasteiger partial charge on any atom is -0.316 e. The summed E-state index contributed by atoms with van der Waals surface area (Å²) >= 11 is 0. The van der Waals surface area contributed by atoms with E-state index in [4.69, 9.17) is 0 Å². The summed E-state index contributed by atoms with van der Waals surface area (Å²) in [7, 11) is 2.24. The van der Waals surface area contributed by atoms with E-state index in [0.717, 1.165) is 12.5 Å². The van der Waals surface area contributed by atoms with Crippen LogP contribution in [-0.2, 0) is 0 Å². The number of piperazine rings is 1. The largest absolute Gasteiger partial charge is 0.316 e. The molecule has 2 fully saturated rings. The van der Waals surface area contributed by atoms with Crippen molar-refractivity contribution in [2.24, 2.45) is 11.3 Å². The third-order valence-electron chi connectivity index (χ3n) is 5.09. The van der Waals surface area contributed by atoms with E-state index < -0.39 is 0 Å². The molecule has 0 aromatic carbocycles. The van der Waals surface area contributed by atoms with Gasteiger partial charge in [0.25, 0.3) is 0 Å². The lowest BCUT2D eigenvalue weighted by molar-refractivity contribution is 0.0552. The molecule has 1 aliphatic carbocycles. The van der Waals surface area contributed by atoms with E-state index in [1.807, 2.05) is 0 Å². The van der Waals surface area contributed by atoms with Gasteiger partial charge in [0.05, 0.1) is 0 Å². The lowest BCUT2D eigenvalue weighted by atomic mass is 9.69. The summed E-state index contributed by atoms with van der Waals surface area (Å²) < 4.78 is 0. The Kier molecular flexibility index (Phi) is 5.67. The Labute approximate surface area is 119 Å². The van der Waals surface area contributed by atoms with Crippen molar-refractivity contribution in [3.05, 3.63) is 0 Å². The van der Waals surface area contributed by atoms with Crippen LogP contribution < -0.4 is 5.32 Å². The Morgan fingerprint density at radius 1 is 1.21 bits per heavy atom. The van der Waals surface area contributed by atoms with Gasteiger partial charge in [-0.15, -0.1) is 0 Å². The van der Waals surface area contributed by atoms with Crippen molar-refractivity contribution >= 4 is 0 Å². The fraction of sp³-hybridized carbons (Fsp3) is 1.00. The SMILES string of the molecule is CCNCC1(CN2CCN(C)CC2)CCCC(C)C1. The zero-order valence-electron chi connectivity index (χ0n) is 13.2. The number of rotatable bonds is 5. The number of nitrogens with one attached hydrogen (secondary N) is 1. The van der Waals surface area contributed by atoms with Crippen molar-refractivity contribution in [1.29, 1.82) is 0 Å². The van der Waals surface area contributed by atoms with Gasteiger partial charge in [-0.05, 0) is 37.8 Å². The van der Waals surface area contributed by atoms with E-state index in [2.05, 4.69) is 36.0 Å². The monoisotopic (exact) mass is 267 g/mol. The molecule has 0 amide bonds. The van der Waals surface area contributed by atoms with Crippen LogP contribution in [-0.4, -0.2) is 62.7 Å². The number of likely N-dealkylation sites (N-methyl/N-ethyl adjacent to an activating group) is 1. The molecule has 1 saturated carbocycles. The summed E-state index contributed by atoms with van der Waals surface area (Å²) in [6.07, 6.45) is 5.72. The fourth-order valence-electron chi connectivity index (χ4n) is 4.00. The second-order valence-electron chi connectivity index (χ2n) is 7.06. The van der Waals surface area contributed by atoms with Gasteiger partial charge in [-0.25, -0.2) is 0 Å².